The van der Waals surface area contributed by atoms with E-state index in [1.54, 1.807) is 11.8 Å². The molecule has 0 aromatic heterocycles. The fourth-order valence-corrected chi connectivity index (χ4v) is 2.49. The van der Waals surface area contributed by atoms with E-state index in [9.17, 15) is 9.59 Å². The number of nitrogens with one attached hydrogen (secondary N) is 1. The molecule has 6 heteroatoms. The largest absolute Gasteiger partial charge is 0.480 e. The minimum absolute atomic E-state index is 0.0801. The van der Waals surface area contributed by atoms with Gasteiger partial charge in [-0.25, -0.2) is 9.59 Å². The number of carboxylic acid groups (broad SMARTS) is 1. The number of nitrogens with zero attached hydrogens (tertiary/aromatic N) is 1. The lowest BCUT2D eigenvalue weighted by Gasteiger charge is -2.33. The van der Waals surface area contributed by atoms with Crippen LogP contribution in [0, 0.1) is 0 Å². The molecule has 92 valence electrons. The Hall–Kier alpha value is -0.910. The number of amides is 2. The molecule has 5 nitrogen and oxygen atoms in total. The van der Waals surface area contributed by atoms with E-state index in [0.29, 0.717) is 12.3 Å². The van der Waals surface area contributed by atoms with Crippen LogP contribution < -0.4 is 5.32 Å². The molecule has 1 aliphatic heterocycles. The van der Waals surface area contributed by atoms with Crippen molar-refractivity contribution in [2.75, 3.05) is 18.1 Å². The number of urea groups is 1. The normalized spacial score (nSPS) is 22.6. The maximum Gasteiger partial charge on any atom is 0.327 e. The van der Waals surface area contributed by atoms with Gasteiger partial charge in [0.05, 0.1) is 0 Å². The molecule has 1 rings (SSSR count). The Morgan fingerprint density at radius 2 is 2.31 bits per heavy atom. The van der Waals surface area contributed by atoms with Crippen molar-refractivity contribution in [1.82, 2.24) is 10.2 Å². The smallest absolute Gasteiger partial charge is 0.327 e. The molecular weight excluding hydrogens is 228 g/mol. The number of carbonyl (C=O) groups excluding carboxylic acids is 1. The standard InChI is InChI=1S/C10H18N2O3S/c1-3-7(2)11-10(15)12-4-5-16-6-8(12)9(13)14/h7-8H,3-6H2,1-2H3,(H,11,15)(H,13,14). The Morgan fingerprint density at radius 3 is 2.88 bits per heavy atom. The highest BCUT2D eigenvalue weighted by Gasteiger charge is 2.32. The van der Waals surface area contributed by atoms with Crippen LogP contribution in [0.4, 0.5) is 4.79 Å². The number of aliphatic carboxylic acids is 1. The van der Waals surface area contributed by atoms with Gasteiger partial charge in [-0.05, 0) is 13.3 Å². The van der Waals surface area contributed by atoms with Crippen LogP contribution in [0.15, 0.2) is 0 Å². The van der Waals surface area contributed by atoms with E-state index in [1.165, 1.54) is 4.90 Å². The van der Waals surface area contributed by atoms with Gasteiger partial charge in [-0.2, -0.15) is 11.8 Å². The first kappa shape index (κ1) is 13.2. The zero-order valence-corrected chi connectivity index (χ0v) is 10.4. The summed E-state index contributed by atoms with van der Waals surface area (Å²) in [6.07, 6.45) is 0.839. The van der Waals surface area contributed by atoms with E-state index in [4.69, 9.17) is 5.11 Å². The van der Waals surface area contributed by atoms with Crippen molar-refractivity contribution in [3.63, 3.8) is 0 Å². The third-order valence-corrected chi connectivity index (χ3v) is 3.68. The highest BCUT2D eigenvalue weighted by Crippen LogP contribution is 2.16. The summed E-state index contributed by atoms with van der Waals surface area (Å²) >= 11 is 1.57. The van der Waals surface area contributed by atoms with Crippen molar-refractivity contribution in [3.8, 4) is 0 Å². The Bertz CT molecular complexity index is 273. The number of carboxylic acids is 1. The van der Waals surface area contributed by atoms with Crippen molar-refractivity contribution in [1.29, 1.82) is 0 Å². The van der Waals surface area contributed by atoms with E-state index in [0.717, 1.165) is 12.2 Å². The fourth-order valence-electron chi connectivity index (χ4n) is 1.45. The van der Waals surface area contributed by atoms with Crippen molar-refractivity contribution in [2.45, 2.75) is 32.4 Å². The summed E-state index contributed by atoms with van der Waals surface area (Å²) in [6.45, 7) is 4.39. The van der Waals surface area contributed by atoms with E-state index in [-0.39, 0.29) is 12.1 Å². The van der Waals surface area contributed by atoms with Crippen molar-refractivity contribution in [2.24, 2.45) is 0 Å². The Morgan fingerprint density at radius 1 is 1.62 bits per heavy atom. The molecule has 1 fully saturated rings. The average Bonchev–Trinajstić information content (AvgIpc) is 2.28. The molecule has 2 amide bonds. The summed E-state index contributed by atoms with van der Waals surface area (Å²) in [7, 11) is 0. The quantitative estimate of drug-likeness (QED) is 0.779. The maximum atomic E-state index is 11.8. The zero-order valence-electron chi connectivity index (χ0n) is 9.60. The summed E-state index contributed by atoms with van der Waals surface area (Å²) in [5, 5.41) is 11.8. The lowest BCUT2D eigenvalue weighted by molar-refractivity contribution is -0.141. The van der Waals surface area contributed by atoms with Crippen LogP contribution in [-0.4, -0.2) is 52.1 Å². The summed E-state index contributed by atoms with van der Waals surface area (Å²) < 4.78 is 0. The first-order valence-corrected chi connectivity index (χ1v) is 6.59. The summed E-state index contributed by atoms with van der Waals surface area (Å²) in [5.41, 5.74) is 0. The highest BCUT2D eigenvalue weighted by molar-refractivity contribution is 7.99. The molecule has 2 atom stereocenters. The third-order valence-electron chi connectivity index (χ3n) is 2.66. The molecule has 0 aromatic rings. The van der Waals surface area contributed by atoms with Crippen molar-refractivity contribution < 1.29 is 14.7 Å². The van der Waals surface area contributed by atoms with E-state index in [1.807, 2.05) is 13.8 Å². The average molecular weight is 246 g/mol. The van der Waals surface area contributed by atoms with Gasteiger partial charge < -0.3 is 15.3 Å². The monoisotopic (exact) mass is 246 g/mol. The summed E-state index contributed by atoms with van der Waals surface area (Å²) in [6, 6.07) is -0.874. The first-order valence-electron chi connectivity index (χ1n) is 5.44. The topological polar surface area (TPSA) is 69.6 Å². The van der Waals surface area contributed by atoms with Crippen LogP contribution in [0.2, 0.25) is 0 Å². The molecule has 0 saturated carbocycles. The van der Waals surface area contributed by atoms with Gasteiger partial charge in [0.1, 0.15) is 6.04 Å². The second-order valence-corrected chi connectivity index (χ2v) is 5.03. The predicted molar refractivity (Wildman–Crippen MR) is 63.7 cm³/mol. The molecule has 16 heavy (non-hydrogen) atoms. The Kier molecular flexibility index (Phi) is 4.92. The van der Waals surface area contributed by atoms with Crippen LogP contribution >= 0.6 is 11.8 Å². The maximum absolute atomic E-state index is 11.8. The van der Waals surface area contributed by atoms with Gasteiger partial charge in [0.15, 0.2) is 0 Å². The highest BCUT2D eigenvalue weighted by atomic mass is 32.2. The fraction of sp³-hybridized carbons (Fsp3) is 0.800. The molecule has 1 heterocycles. The Balaban J connectivity index is 2.60. The van der Waals surface area contributed by atoms with Gasteiger partial charge >= 0.3 is 12.0 Å². The number of thioether (sulfide) groups is 1. The summed E-state index contributed by atoms with van der Waals surface area (Å²) in [4.78, 5) is 24.2. The first-order chi connectivity index (χ1) is 7.56. The molecular formula is C10H18N2O3S. The second-order valence-electron chi connectivity index (χ2n) is 3.88. The zero-order chi connectivity index (χ0) is 12.1. The lowest BCUT2D eigenvalue weighted by Crippen LogP contribution is -2.55. The van der Waals surface area contributed by atoms with Crippen molar-refractivity contribution in [3.05, 3.63) is 0 Å². The van der Waals surface area contributed by atoms with Crippen LogP contribution in [0.3, 0.4) is 0 Å². The Labute approximate surface area is 99.6 Å². The van der Waals surface area contributed by atoms with E-state index in [2.05, 4.69) is 5.32 Å². The molecule has 1 saturated heterocycles. The number of carbonyl (C=O) groups is 2. The van der Waals surface area contributed by atoms with Crippen molar-refractivity contribution >= 4 is 23.8 Å². The SMILES string of the molecule is CCC(C)NC(=O)N1CCSCC1C(=O)O. The molecule has 1 aliphatic rings. The predicted octanol–water partition coefficient (Wildman–Crippen LogP) is 0.997. The van der Waals surface area contributed by atoms with E-state index >= 15 is 0 Å². The van der Waals surface area contributed by atoms with Gasteiger partial charge in [-0.15, -0.1) is 0 Å². The number of hydrogen-bond donors (Lipinski definition) is 2. The number of hydrogen-bond acceptors (Lipinski definition) is 3. The molecule has 0 spiro atoms. The molecule has 0 bridgehead atoms. The van der Waals surface area contributed by atoms with Crippen LogP contribution in [0.1, 0.15) is 20.3 Å². The van der Waals surface area contributed by atoms with Gasteiger partial charge in [0.25, 0.3) is 0 Å². The van der Waals surface area contributed by atoms with Gasteiger partial charge in [-0.3, -0.25) is 0 Å². The second kappa shape index (κ2) is 5.98. The molecule has 2 N–H and O–H groups in total. The van der Waals surface area contributed by atoms with Gasteiger partial charge in [0.2, 0.25) is 0 Å². The molecule has 2 unspecified atom stereocenters. The molecule has 0 aromatic carbocycles. The number of rotatable bonds is 3. The van der Waals surface area contributed by atoms with E-state index < -0.39 is 12.0 Å². The third kappa shape index (κ3) is 3.30. The van der Waals surface area contributed by atoms with Crippen LogP contribution in [0.25, 0.3) is 0 Å². The van der Waals surface area contributed by atoms with Crippen LogP contribution in [0.5, 0.6) is 0 Å². The molecule has 0 aliphatic carbocycles. The minimum Gasteiger partial charge on any atom is -0.480 e. The molecule has 0 radical (unpaired) electrons. The van der Waals surface area contributed by atoms with Gasteiger partial charge in [-0.1, -0.05) is 6.92 Å². The van der Waals surface area contributed by atoms with Gasteiger partial charge in [0, 0.05) is 24.1 Å². The summed E-state index contributed by atoms with van der Waals surface area (Å²) in [5.74, 6) is 0.354. The van der Waals surface area contributed by atoms with Crippen LogP contribution in [-0.2, 0) is 4.79 Å². The lowest BCUT2D eigenvalue weighted by atomic mass is 10.2. The minimum atomic E-state index is -0.925.